The predicted molar refractivity (Wildman–Crippen MR) is 131 cm³/mol. The van der Waals surface area contributed by atoms with Crippen LogP contribution in [0, 0.1) is 0 Å². The minimum atomic E-state index is -3.21. The lowest BCUT2D eigenvalue weighted by atomic mass is 10.1. The summed E-state index contributed by atoms with van der Waals surface area (Å²) in [6.07, 6.45) is 4.43. The van der Waals surface area contributed by atoms with Crippen molar-refractivity contribution in [3.8, 4) is 11.5 Å². The molecule has 1 rings (SSSR count). The van der Waals surface area contributed by atoms with Crippen molar-refractivity contribution in [2.24, 2.45) is 0 Å². The molecular weight excluding hydrogens is 408 g/mol. The van der Waals surface area contributed by atoms with Crippen molar-refractivity contribution in [3.05, 3.63) is 18.2 Å². The molecule has 0 aromatic heterocycles. The molecule has 0 aliphatic rings. The summed E-state index contributed by atoms with van der Waals surface area (Å²) in [5.74, 6) is 1.53. The second-order valence-electron chi connectivity index (χ2n) is 9.19. The molecule has 0 aliphatic carbocycles. The normalized spacial score (nSPS) is 12.8. The highest BCUT2D eigenvalue weighted by Gasteiger charge is 2.47. The molecule has 180 valence electrons. The van der Waals surface area contributed by atoms with Gasteiger partial charge in [-0.1, -0.05) is 34.6 Å². The van der Waals surface area contributed by atoms with E-state index in [1.165, 1.54) is 0 Å². The van der Waals surface area contributed by atoms with E-state index in [1.807, 2.05) is 18.2 Å². The van der Waals surface area contributed by atoms with Gasteiger partial charge in [0.2, 0.25) is 0 Å². The molecule has 0 amide bonds. The Kier molecular flexibility index (Phi) is 11.6. The van der Waals surface area contributed by atoms with E-state index in [0.717, 1.165) is 48.8 Å². The quantitative estimate of drug-likeness (QED) is 0.276. The monoisotopic (exact) mass is 454 g/mol. The molecule has 0 fully saturated rings. The first-order valence-electron chi connectivity index (χ1n) is 12.0. The van der Waals surface area contributed by atoms with Crippen molar-refractivity contribution in [3.63, 3.8) is 0 Å². The first-order valence-corrected chi connectivity index (χ1v) is 13.8. The molecule has 0 unspecified atom stereocenters. The summed E-state index contributed by atoms with van der Waals surface area (Å²) in [6, 6.07) is 5.97. The lowest BCUT2D eigenvalue weighted by Crippen LogP contribution is -2.58. The van der Waals surface area contributed by atoms with Gasteiger partial charge in [-0.15, -0.1) is 0 Å². The Morgan fingerprint density at radius 3 is 1.55 bits per heavy atom. The highest BCUT2D eigenvalue weighted by Crippen LogP contribution is 2.29. The molecule has 0 aliphatic heterocycles. The van der Waals surface area contributed by atoms with Crippen LogP contribution < -0.4 is 14.7 Å². The number of ether oxygens (including phenoxy) is 2. The highest BCUT2D eigenvalue weighted by molar-refractivity contribution is 6.76. The van der Waals surface area contributed by atoms with Crippen LogP contribution in [0.3, 0.4) is 0 Å². The van der Waals surface area contributed by atoms with E-state index >= 15 is 0 Å². The topological polar surface area (TPSA) is 46.2 Å². The fourth-order valence-electron chi connectivity index (χ4n) is 2.73. The minimum absolute atomic E-state index is 0.272. The van der Waals surface area contributed by atoms with Gasteiger partial charge < -0.3 is 22.8 Å². The standard InChI is InChI=1S/C25H46O5Si/c1-10-17-26-31(27-18-11-2,28-19-12-3)23-20-21(29-24(6,7)13-4)15-16-22(23)30-25(8,9)14-5/h15-16,20H,10-14,17-19H2,1-9H3. The summed E-state index contributed by atoms with van der Waals surface area (Å²) in [5.41, 5.74) is -0.592. The van der Waals surface area contributed by atoms with Crippen LogP contribution in [0.1, 0.15) is 94.4 Å². The summed E-state index contributed by atoms with van der Waals surface area (Å²) in [5, 5.41) is 0.855. The zero-order chi connectivity index (χ0) is 23.5. The molecular formula is C25H46O5Si. The molecule has 0 radical (unpaired) electrons. The maximum Gasteiger partial charge on any atom is 0.541 e. The maximum atomic E-state index is 6.48. The minimum Gasteiger partial charge on any atom is -0.488 e. The molecule has 1 aromatic rings. The fraction of sp³-hybridized carbons (Fsp3) is 0.760. The molecule has 0 saturated heterocycles. The Bertz CT molecular complexity index is 623. The van der Waals surface area contributed by atoms with Gasteiger partial charge in [0.1, 0.15) is 22.7 Å². The van der Waals surface area contributed by atoms with E-state index in [1.54, 1.807) is 0 Å². The summed E-state index contributed by atoms with van der Waals surface area (Å²) in [6.45, 7) is 20.6. The Morgan fingerprint density at radius 1 is 0.677 bits per heavy atom. The van der Waals surface area contributed by atoms with Gasteiger partial charge in [0.15, 0.2) is 0 Å². The molecule has 0 N–H and O–H groups in total. The molecule has 0 saturated carbocycles. The molecule has 0 bridgehead atoms. The van der Waals surface area contributed by atoms with Gasteiger partial charge in [0.05, 0.1) is 5.19 Å². The molecule has 31 heavy (non-hydrogen) atoms. The van der Waals surface area contributed by atoms with Crippen molar-refractivity contribution < 1.29 is 22.8 Å². The van der Waals surface area contributed by atoms with Crippen LogP contribution in [0.5, 0.6) is 11.5 Å². The number of hydrogen-bond acceptors (Lipinski definition) is 5. The molecule has 1 aromatic carbocycles. The summed E-state index contributed by atoms with van der Waals surface area (Å²) in [4.78, 5) is 0. The van der Waals surface area contributed by atoms with Crippen molar-refractivity contribution in [1.82, 2.24) is 0 Å². The van der Waals surface area contributed by atoms with Gasteiger partial charge in [0.25, 0.3) is 0 Å². The number of rotatable bonds is 16. The van der Waals surface area contributed by atoms with Crippen molar-refractivity contribution >= 4 is 14.0 Å². The third kappa shape index (κ3) is 8.76. The second kappa shape index (κ2) is 12.8. The van der Waals surface area contributed by atoms with Crippen LogP contribution >= 0.6 is 0 Å². The molecule has 0 atom stereocenters. The Balaban J connectivity index is 3.61. The van der Waals surface area contributed by atoms with Crippen LogP contribution in [0.2, 0.25) is 0 Å². The van der Waals surface area contributed by atoms with E-state index in [-0.39, 0.29) is 11.2 Å². The third-order valence-electron chi connectivity index (χ3n) is 5.25. The number of benzene rings is 1. The van der Waals surface area contributed by atoms with Crippen LogP contribution in [0.4, 0.5) is 0 Å². The first kappa shape index (κ1) is 28.0. The largest absolute Gasteiger partial charge is 0.541 e. The van der Waals surface area contributed by atoms with Crippen molar-refractivity contribution in [1.29, 1.82) is 0 Å². The Hall–Kier alpha value is -1.08. The van der Waals surface area contributed by atoms with Crippen LogP contribution in [0.15, 0.2) is 18.2 Å². The third-order valence-corrected chi connectivity index (χ3v) is 8.06. The van der Waals surface area contributed by atoms with Crippen LogP contribution in [-0.4, -0.2) is 39.8 Å². The molecule has 5 nitrogen and oxygen atoms in total. The number of hydrogen-bond donors (Lipinski definition) is 0. The van der Waals surface area contributed by atoms with Gasteiger partial charge >= 0.3 is 8.80 Å². The lowest BCUT2D eigenvalue weighted by molar-refractivity contribution is 0.0689. The summed E-state index contributed by atoms with van der Waals surface area (Å²) in [7, 11) is -3.21. The molecule has 0 heterocycles. The second-order valence-corrected chi connectivity index (χ2v) is 11.7. The average Bonchev–Trinajstić information content (AvgIpc) is 2.74. The van der Waals surface area contributed by atoms with Gasteiger partial charge in [-0.3, -0.25) is 0 Å². The van der Waals surface area contributed by atoms with E-state index in [0.29, 0.717) is 19.8 Å². The zero-order valence-electron chi connectivity index (χ0n) is 21.4. The maximum absolute atomic E-state index is 6.48. The highest BCUT2D eigenvalue weighted by atomic mass is 28.4. The smallest absolute Gasteiger partial charge is 0.488 e. The fourth-order valence-corrected chi connectivity index (χ4v) is 5.62. The van der Waals surface area contributed by atoms with E-state index in [2.05, 4.69) is 62.3 Å². The van der Waals surface area contributed by atoms with Gasteiger partial charge in [-0.2, -0.15) is 0 Å². The van der Waals surface area contributed by atoms with E-state index in [4.69, 9.17) is 22.8 Å². The molecule has 0 spiro atoms. The lowest BCUT2D eigenvalue weighted by Gasteiger charge is -2.34. The Morgan fingerprint density at radius 2 is 1.13 bits per heavy atom. The van der Waals surface area contributed by atoms with Crippen molar-refractivity contribution in [2.75, 3.05) is 19.8 Å². The average molecular weight is 455 g/mol. The molecule has 6 heteroatoms. The van der Waals surface area contributed by atoms with E-state index < -0.39 is 8.80 Å². The van der Waals surface area contributed by atoms with E-state index in [9.17, 15) is 0 Å². The predicted octanol–water partition coefficient (Wildman–Crippen LogP) is 6.25. The van der Waals surface area contributed by atoms with Crippen molar-refractivity contribution in [2.45, 2.75) is 106 Å². The summed E-state index contributed by atoms with van der Waals surface area (Å²) >= 11 is 0. The Labute approximate surface area is 192 Å². The van der Waals surface area contributed by atoms with Crippen LogP contribution in [-0.2, 0) is 13.3 Å². The zero-order valence-corrected chi connectivity index (χ0v) is 22.4. The van der Waals surface area contributed by atoms with Crippen LogP contribution in [0.25, 0.3) is 0 Å². The first-order chi connectivity index (χ1) is 14.6. The van der Waals surface area contributed by atoms with Gasteiger partial charge in [0, 0.05) is 19.8 Å². The SMILES string of the molecule is CCCO[Si](OCCC)(OCCC)c1cc(OC(C)(C)CC)ccc1OC(C)(C)CC. The van der Waals surface area contributed by atoms with Gasteiger partial charge in [-0.25, -0.2) is 0 Å². The summed E-state index contributed by atoms with van der Waals surface area (Å²) < 4.78 is 32.1. The van der Waals surface area contributed by atoms with Gasteiger partial charge in [-0.05, 0) is 78.0 Å².